The molecule has 2 aromatic heterocycles. The second kappa shape index (κ2) is 26.1. The van der Waals surface area contributed by atoms with Gasteiger partial charge in [0.1, 0.15) is 48.1 Å². The van der Waals surface area contributed by atoms with Crippen molar-refractivity contribution in [3.63, 3.8) is 0 Å². The quantitative estimate of drug-likeness (QED) is 0.0276. The number of nitrogen functional groups attached to an aromatic ring is 1. The van der Waals surface area contributed by atoms with Crippen molar-refractivity contribution in [2.75, 3.05) is 44.4 Å². The molecule has 4 heterocycles. The number of nitrogens with zero attached hydrogens (tertiary/aromatic N) is 4. The minimum Gasteiger partial charge on any atom is -0.390 e. The molecule has 392 valence electrons. The van der Waals surface area contributed by atoms with Crippen LogP contribution in [0.2, 0.25) is 0 Å². The maximum Gasteiger partial charge on any atom is 0.481 e. The molecule has 33 heteroatoms. The van der Waals surface area contributed by atoms with Crippen LogP contribution in [0.3, 0.4) is 0 Å². The van der Waals surface area contributed by atoms with Crippen molar-refractivity contribution in [3.05, 3.63) is 12.7 Å². The number of fused-ring (bicyclic) bond motifs is 1. The van der Waals surface area contributed by atoms with Crippen LogP contribution in [0.5, 0.6) is 0 Å². The molecule has 2 fully saturated rings. The lowest BCUT2D eigenvalue weighted by molar-refractivity contribution is -0.261. The lowest BCUT2D eigenvalue weighted by Gasteiger charge is -2.35. The van der Waals surface area contributed by atoms with E-state index in [0.717, 1.165) is 41.8 Å². The van der Waals surface area contributed by atoms with Crippen molar-refractivity contribution in [3.8, 4) is 0 Å². The van der Waals surface area contributed by atoms with Gasteiger partial charge >= 0.3 is 23.5 Å². The summed E-state index contributed by atoms with van der Waals surface area (Å²) in [5.74, 6) is -1.62. The molecule has 0 aromatic carbocycles. The van der Waals surface area contributed by atoms with E-state index in [1.165, 1.54) is 13.8 Å². The third-order valence-electron chi connectivity index (χ3n) is 10.4. The first kappa shape index (κ1) is 58.6. The van der Waals surface area contributed by atoms with Crippen molar-refractivity contribution in [2.24, 2.45) is 5.41 Å². The highest BCUT2D eigenvalue weighted by molar-refractivity contribution is 8.13. The Kier molecular flexibility index (Phi) is 22.2. The highest BCUT2D eigenvalue weighted by Crippen LogP contribution is 2.61. The van der Waals surface area contributed by atoms with Crippen molar-refractivity contribution in [1.29, 1.82) is 0 Å². The second-order valence-electron chi connectivity index (χ2n) is 16.6. The summed E-state index contributed by atoms with van der Waals surface area (Å²) in [6, 6.07) is 0. The van der Waals surface area contributed by atoms with Crippen molar-refractivity contribution < 1.29 is 105 Å². The van der Waals surface area contributed by atoms with Gasteiger partial charge in [-0.25, -0.2) is 28.6 Å². The third-order valence-corrected chi connectivity index (χ3v) is 14.4. The maximum absolute atomic E-state index is 12.7. The smallest absolute Gasteiger partial charge is 0.390 e. The SMILES string of the molecule is C[C@@H]1O[C@@H](OCCCCCCC(=O)CC(=O)SCCNC(=O)CCNC(=O)[C@H](O)C(C)(C)COP(=O)(O)OP(=O)(O)OC[C@H]2O[C@@H](n3cnc4c(N)ncnc43)[C@H](O)[C@@H]2OP(=O)(O)O)[C@H](O)C[C@H]1O. The number of unbranched alkanes of at least 4 members (excludes halogenated alkanes) is 3. The first-order valence-corrected chi connectivity index (χ1v) is 26.9. The fourth-order valence-electron chi connectivity index (χ4n) is 6.67. The van der Waals surface area contributed by atoms with Gasteiger partial charge < -0.3 is 70.6 Å². The van der Waals surface area contributed by atoms with Gasteiger partial charge in [-0.3, -0.25) is 37.3 Å². The number of anilines is 1. The Labute approximate surface area is 398 Å². The van der Waals surface area contributed by atoms with E-state index in [4.69, 9.17) is 29.0 Å². The van der Waals surface area contributed by atoms with E-state index in [0.29, 0.717) is 19.4 Å². The van der Waals surface area contributed by atoms with E-state index in [2.05, 4.69) is 34.4 Å². The molecule has 29 nitrogen and oxygen atoms in total. The molecule has 4 rings (SSSR count). The minimum absolute atomic E-state index is 0.0170. The van der Waals surface area contributed by atoms with E-state index in [1.54, 1.807) is 6.92 Å². The third kappa shape index (κ3) is 18.9. The summed E-state index contributed by atoms with van der Waals surface area (Å²) < 4.78 is 73.3. The van der Waals surface area contributed by atoms with Crippen molar-refractivity contribution >= 4 is 74.9 Å². The number of nitrogens with two attached hydrogens (primary N) is 1. The van der Waals surface area contributed by atoms with E-state index >= 15 is 0 Å². The van der Waals surface area contributed by atoms with Crippen LogP contribution in [-0.2, 0) is 65.0 Å². The molecule has 2 unspecified atom stereocenters. The Hall–Kier alpha value is -2.93. The predicted octanol–water partition coefficient (Wildman–Crippen LogP) is -0.552. The number of aliphatic hydroxyl groups is 4. The number of phosphoric ester groups is 3. The predicted molar refractivity (Wildman–Crippen MR) is 237 cm³/mol. The molecular weight excluding hydrogens is 1010 g/mol. The topological polar surface area (TPSA) is 440 Å². The molecular formula is C36H60N7O22P3S. The summed E-state index contributed by atoms with van der Waals surface area (Å²) in [5.41, 5.74) is 4.20. The Bertz CT molecular complexity index is 2210. The number of aliphatic hydroxyl groups excluding tert-OH is 4. The number of imidazole rings is 1. The van der Waals surface area contributed by atoms with Gasteiger partial charge in [0, 0.05) is 50.1 Å². The molecule has 0 bridgehead atoms. The molecule has 0 radical (unpaired) electrons. The number of thioether (sulfide) groups is 1. The number of Topliss-reactive ketones (excluding diaryl/α,β-unsaturated/α-hetero) is 1. The molecule has 0 aliphatic carbocycles. The van der Waals surface area contributed by atoms with E-state index in [9.17, 15) is 72.9 Å². The number of ketones is 1. The summed E-state index contributed by atoms with van der Waals surface area (Å²) in [6.07, 6.45) is -7.12. The first-order valence-electron chi connectivity index (χ1n) is 21.4. The van der Waals surface area contributed by atoms with Crippen LogP contribution in [0.15, 0.2) is 12.7 Å². The molecule has 11 atom stereocenters. The summed E-state index contributed by atoms with van der Waals surface area (Å²) in [6.45, 7) is 2.24. The van der Waals surface area contributed by atoms with Crippen LogP contribution in [0, 0.1) is 5.41 Å². The van der Waals surface area contributed by atoms with Gasteiger partial charge in [0.15, 0.2) is 29.1 Å². The summed E-state index contributed by atoms with van der Waals surface area (Å²) in [7, 11) is -16.5. The largest absolute Gasteiger partial charge is 0.481 e. The van der Waals surface area contributed by atoms with Crippen molar-refractivity contribution in [2.45, 2.75) is 127 Å². The number of nitrogens with one attached hydrogen (secondary N) is 2. The number of hydrogen-bond acceptors (Lipinski definition) is 23. The molecule has 0 spiro atoms. The van der Waals surface area contributed by atoms with Crippen molar-refractivity contribution in [1.82, 2.24) is 30.2 Å². The zero-order valence-corrected chi connectivity index (χ0v) is 41.2. The average molecular weight is 1070 g/mol. The van der Waals surface area contributed by atoms with Gasteiger partial charge in [-0.15, -0.1) is 0 Å². The molecule has 12 N–H and O–H groups in total. The number of phosphoric acid groups is 3. The second-order valence-corrected chi connectivity index (χ2v) is 22.0. The number of carbonyl (C=O) groups excluding carboxylic acids is 4. The van der Waals surface area contributed by atoms with Gasteiger partial charge in [0.05, 0.1) is 38.2 Å². The number of ether oxygens (including phenoxy) is 3. The number of amides is 2. The van der Waals surface area contributed by atoms with Gasteiger partial charge in [-0.2, -0.15) is 4.31 Å². The van der Waals surface area contributed by atoms with Crippen LogP contribution in [0.4, 0.5) is 5.82 Å². The highest BCUT2D eigenvalue weighted by Gasteiger charge is 2.50. The molecule has 2 aliphatic rings. The monoisotopic (exact) mass is 1070 g/mol. The van der Waals surface area contributed by atoms with Crippen LogP contribution in [-0.4, -0.2) is 170 Å². The molecule has 2 aromatic rings. The van der Waals surface area contributed by atoms with Crippen LogP contribution < -0.4 is 16.4 Å². The van der Waals surface area contributed by atoms with Crippen LogP contribution >= 0.6 is 35.2 Å². The van der Waals surface area contributed by atoms with Gasteiger partial charge in [-0.1, -0.05) is 38.5 Å². The Balaban J connectivity index is 1.09. The summed E-state index contributed by atoms with van der Waals surface area (Å²) in [4.78, 5) is 101. The Morgan fingerprint density at radius 2 is 1.64 bits per heavy atom. The molecule has 0 saturated carbocycles. The Morgan fingerprint density at radius 3 is 2.35 bits per heavy atom. The van der Waals surface area contributed by atoms with Crippen LogP contribution in [0.25, 0.3) is 11.2 Å². The zero-order chi connectivity index (χ0) is 51.3. The van der Waals surface area contributed by atoms with E-state index < -0.39 is 109 Å². The number of carbonyl (C=O) groups is 4. The van der Waals surface area contributed by atoms with Gasteiger partial charge in [-0.05, 0) is 19.8 Å². The number of aromatic nitrogens is 4. The lowest BCUT2D eigenvalue weighted by Crippen LogP contribution is -2.47. The maximum atomic E-state index is 12.7. The average Bonchev–Trinajstić information content (AvgIpc) is 3.81. The molecule has 2 saturated heterocycles. The fourth-order valence-corrected chi connectivity index (χ4v) is 10.2. The molecule has 2 aliphatic heterocycles. The molecule has 69 heavy (non-hydrogen) atoms. The van der Waals surface area contributed by atoms with Gasteiger partial charge in [0.25, 0.3) is 0 Å². The lowest BCUT2D eigenvalue weighted by atomic mass is 9.87. The van der Waals surface area contributed by atoms with E-state index in [-0.39, 0.29) is 72.4 Å². The molecule has 2 amide bonds. The fraction of sp³-hybridized carbons (Fsp3) is 0.750. The highest BCUT2D eigenvalue weighted by atomic mass is 32.2. The van der Waals surface area contributed by atoms with E-state index in [1.807, 2.05) is 0 Å². The summed E-state index contributed by atoms with van der Waals surface area (Å²) in [5, 5.41) is 45.8. The minimum atomic E-state index is -5.61. The van der Waals surface area contributed by atoms with Crippen LogP contribution in [0.1, 0.15) is 78.4 Å². The normalized spacial score (nSPS) is 25.4. The number of hydrogen-bond donors (Lipinski definition) is 11. The standard InChI is InChI=1S/C36H60N7O22P3S/c1-20-22(45)15-23(46)35(62-20)59-12-7-5-4-6-8-21(44)14-26(48)69-13-11-38-25(47)9-10-39-33(51)30(50)36(2,3)17-61-68(57,58)65-67(55,56)60-16-24-29(64-66(52,53)54)28(49)34(63-24)43-19-42-27-31(37)40-18-41-32(27)43/h18-20,22-24,28-30,34-35,45-46,49-50H,4-17H2,1-3H3,(H,38,47)(H,39,51)(H,55,56)(H,57,58)(H2,37,40,41)(H2,52,53,54)/t20-,22+,23+,24+,28+,29+,30-,34+,35+/m0/s1. The summed E-state index contributed by atoms with van der Waals surface area (Å²) >= 11 is 0.877. The van der Waals surface area contributed by atoms with Gasteiger partial charge in [0.2, 0.25) is 11.8 Å². The Morgan fingerprint density at radius 1 is 0.942 bits per heavy atom. The number of rotatable bonds is 29. The zero-order valence-electron chi connectivity index (χ0n) is 37.7. The first-order chi connectivity index (χ1) is 32.2.